The van der Waals surface area contributed by atoms with E-state index in [1.807, 2.05) is 26.8 Å². The number of esters is 8. The molecule has 97 heavy (non-hydrogen) atoms. The molecule has 2 aliphatic heterocycles. The molecule has 30 nitrogen and oxygen atoms in total. The number of nitrogens with one attached hydrogen (secondary N) is 3. The molecule has 0 aromatic heterocycles. The fourth-order valence-corrected chi connectivity index (χ4v) is 17.0. The highest BCUT2D eigenvalue weighted by molar-refractivity contribution is 5.96. The number of rotatable bonds is 24. The summed E-state index contributed by atoms with van der Waals surface area (Å²) in [5, 5.41) is 38.1. The van der Waals surface area contributed by atoms with Crippen LogP contribution in [0.4, 0.5) is 0 Å². The second kappa shape index (κ2) is 30.8. The fourth-order valence-electron chi connectivity index (χ4n) is 17.0. The van der Waals surface area contributed by atoms with Crippen molar-refractivity contribution in [3.8, 4) is 0 Å². The van der Waals surface area contributed by atoms with Gasteiger partial charge in [0.1, 0.15) is 0 Å². The number of carbonyl (C=O) groups is 12. The molecule has 2 saturated heterocycles. The Balaban J connectivity index is 1.32. The Kier molecular flexibility index (Phi) is 24.7. The standard InChI is InChI=1S/C67H99N3O27/c1-16-86-56(82)39(29-71)68-54(80)49-46(90-33(5)75)48(92-35(7)77)52(97-60-51(93-36(8)78)47(91-34(6)76)45(89-32(4)74)50(96-60)55(81)69-40(30-72)57(83)87-17-2)59(95-49)94-44-20-21-65(13)43(62(44,9)10)19-22-67(15)53(65)42(79)27-37-38-28-64(12,24-23-63(38,11)25-26-66(37,67)14)61(85)70-41(31-73)58(84)88-18-3/h27,38-41,43-53,59-60,71-73H,16-26,28-31H2,1-15H3,(H,68,80)(H,69,81)(H,70,85). The van der Waals surface area contributed by atoms with E-state index in [1.54, 1.807) is 6.92 Å². The summed E-state index contributed by atoms with van der Waals surface area (Å²) in [5.41, 5.74) is -3.17. The summed E-state index contributed by atoms with van der Waals surface area (Å²) in [6.07, 6.45) is -15.4. The maximum atomic E-state index is 15.7. The van der Waals surface area contributed by atoms with Crippen molar-refractivity contribution in [2.75, 3.05) is 39.6 Å². The molecule has 0 aromatic carbocycles. The SMILES string of the molecule is CCOC(=O)C(CO)NC(=O)C1OC(OC2C(OC3CCC4(C)C(CCC5(C)C4C(=O)C=C4C6CC(C)(C(=O)NC(CO)C(=O)OCC)CCC6(C)CCC45C)C3(C)C)OC(C(=O)NC(CO)C(=O)OCC)C(OC(C)=O)C2OC(C)=O)C(OC(C)=O)C(OC(C)=O)C1OC(C)=O. The number of allylic oxidation sites excluding steroid dienone is 2. The van der Waals surface area contributed by atoms with Crippen LogP contribution in [0, 0.1) is 50.2 Å². The number of hydrogen-bond acceptors (Lipinski definition) is 27. The third-order valence-electron chi connectivity index (χ3n) is 21.9. The van der Waals surface area contributed by atoms with Gasteiger partial charge in [0.05, 0.1) is 45.7 Å². The smallest absolute Gasteiger partial charge is 0.331 e. The Hall–Kier alpha value is -6.70. The maximum absolute atomic E-state index is 15.7. The Morgan fingerprint density at radius 2 is 0.948 bits per heavy atom. The van der Waals surface area contributed by atoms with Crippen LogP contribution in [-0.2, 0) is 114 Å². The van der Waals surface area contributed by atoms with Crippen LogP contribution < -0.4 is 16.0 Å². The van der Waals surface area contributed by atoms with E-state index in [2.05, 4.69) is 43.6 Å². The first-order valence-corrected chi connectivity index (χ1v) is 33.4. The van der Waals surface area contributed by atoms with E-state index in [0.717, 1.165) is 53.0 Å². The zero-order valence-electron chi connectivity index (χ0n) is 58.1. The minimum atomic E-state index is -2.27. The number of carbonyl (C=O) groups excluding carboxylic acids is 12. The first-order chi connectivity index (χ1) is 45.4. The highest BCUT2D eigenvalue weighted by atomic mass is 16.8. The van der Waals surface area contributed by atoms with E-state index >= 15 is 4.79 Å². The molecule has 6 fully saturated rings. The van der Waals surface area contributed by atoms with Crippen LogP contribution in [0.25, 0.3) is 0 Å². The van der Waals surface area contributed by atoms with E-state index < -0.39 is 204 Å². The predicted octanol–water partition coefficient (Wildman–Crippen LogP) is 1.97. The lowest BCUT2D eigenvalue weighted by atomic mass is 9.33. The van der Waals surface area contributed by atoms with Crippen molar-refractivity contribution in [2.45, 2.75) is 247 Å². The van der Waals surface area contributed by atoms with Gasteiger partial charge >= 0.3 is 47.8 Å². The quantitative estimate of drug-likeness (QED) is 0.0457. The molecular weight excluding hydrogens is 1280 g/mol. The number of aliphatic hydroxyl groups excluding tert-OH is 3. The Labute approximate surface area is 563 Å². The Morgan fingerprint density at radius 3 is 1.40 bits per heavy atom. The molecule has 0 spiro atoms. The molecule has 22 unspecified atom stereocenters. The molecule has 5 aliphatic carbocycles. The second-order valence-corrected chi connectivity index (χ2v) is 28.5. The van der Waals surface area contributed by atoms with E-state index in [1.165, 1.54) is 13.8 Å². The van der Waals surface area contributed by atoms with Crippen molar-refractivity contribution >= 4 is 71.3 Å². The normalized spacial score (nSPS) is 36.5. The van der Waals surface area contributed by atoms with Crippen molar-refractivity contribution in [1.82, 2.24) is 16.0 Å². The van der Waals surface area contributed by atoms with E-state index in [4.69, 9.17) is 56.8 Å². The van der Waals surface area contributed by atoms with Crippen LogP contribution in [0.15, 0.2) is 11.6 Å². The number of hydrogen-bond donors (Lipinski definition) is 6. The lowest BCUT2D eigenvalue weighted by molar-refractivity contribution is -0.370. The lowest BCUT2D eigenvalue weighted by Crippen LogP contribution is -2.70. The molecule has 22 atom stereocenters. The molecule has 4 saturated carbocycles. The number of ether oxygens (including phenoxy) is 12. The summed E-state index contributed by atoms with van der Waals surface area (Å²) in [7, 11) is 0. The van der Waals surface area contributed by atoms with Crippen LogP contribution in [0.2, 0.25) is 0 Å². The largest absolute Gasteiger partial charge is 0.464 e. The van der Waals surface area contributed by atoms with Gasteiger partial charge in [-0.2, -0.15) is 0 Å². The van der Waals surface area contributed by atoms with E-state index in [9.17, 15) is 68.1 Å². The van der Waals surface area contributed by atoms with Crippen molar-refractivity contribution in [1.29, 1.82) is 0 Å². The monoisotopic (exact) mass is 1380 g/mol. The maximum Gasteiger partial charge on any atom is 0.331 e. The number of aliphatic hydroxyl groups is 3. The fraction of sp³-hybridized carbons (Fsp3) is 0.791. The number of amides is 3. The molecule has 0 radical (unpaired) electrons. The summed E-state index contributed by atoms with van der Waals surface area (Å²) in [4.78, 5) is 164. The van der Waals surface area contributed by atoms with Gasteiger partial charge < -0.3 is 88.1 Å². The average molecular weight is 1380 g/mol. The van der Waals surface area contributed by atoms with Crippen LogP contribution in [0.3, 0.4) is 0 Å². The average Bonchev–Trinajstić information content (AvgIpc) is 0.674. The molecule has 0 aromatic rings. The van der Waals surface area contributed by atoms with E-state index in [0.29, 0.717) is 38.5 Å². The minimum Gasteiger partial charge on any atom is -0.464 e. The van der Waals surface area contributed by atoms with Crippen molar-refractivity contribution in [3.63, 3.8) is 0 Å². The van der Waals surface area contributed by atoms with Crippen LogP contribution in [-0.4, -0.2) is 212 Å². The molecule has 7 aliphatic rings. The van der Waals surface area contributed by atoms with Crippen LogP contribution in [0.5, 0.6) is 0 Å². The van der Waals surface area contributed by atoms with Crippen molar-refractivity contribution in [3.05, 3.63) is 11.6 Å². The zero-order valence-corrected chi connectivity index (χ0v) is 58.1. The summed E-state index contributed by atoms with van der Waals surface area (Å²) in [6, 6.07) is -4.77. The number of fused-ring (bicyclic) bond motifs is 7. The Bertz CT molecular complexity index is 3050. The Morgan fingerprint density at radius 1 is 0.526 bits per heavy atom. The number of ketones is 1. The van der Waals surface area contributed by atoms with Gasteiger partial charge in [0, 0.05) is 46.0 Å². The van der Waals surface area contributed by atoms with Gasteiger partial charge in [-0.25, -0.2) is 14.4 Å². The molecule has 2 heterocycles. The van der Waals surface area contributed by atoms with Gasteiger partial charge in [-0.1, -0.05) is 54.0 Å². The molecule has 544 valence electrons. The highest BCUT2D eigenvalue weighted by Gasteiger charge is 2.71. The predicted molar refractivity (Wildman–Crippen MR) is 331 cm³/mol. The van der Waals surface area contributed by atoms with Gasteiger partial charge in [0.25, 0.3) is 11.8 Å². The summed E-state index contributed by atoms with van der Waals surface area (Å²) in [5.74, 6) is -12.5. The molecule has 3 amide bonds. The summed E-state index contributed by atoms with van der Waals surface area (Å²) in [6.45, 7) is 20.8. The van der Waals surface area contributed by atoms with Gasteiger partial charge in [-0.05, 0) is 124 Å². The van der Waals surface area contributed by atoms with Gasteiger partial charge in [-0.15, -0.1) is 0 Å². The highest BCUT2D eigenvalue weighted by Crippen LogP contribution is 2.75. The van der Waals surface area contributed by atoms with Crippen LogP contribution in [0.1, 0.15) is 162 Å². The zero-order chi connectivity index (χ0) is 72.2. The molecule has 0 bridgehead atoms. The molecule has 6 N–H and O–H groups in total. The lowest BCUT2D eigenvalue weighted by Gasteiger charge is -2.70. The molecule has 7 rings (SSSR count). The first kappa shape index (κ1) is 77.6. The van der Waals surface area contributed by atoms with Crippen LogP contribution >= 0.6 is 0 Å². The minimum absolute atomic E-state index is 0.0604. The topological polar surface area (TPSA) is 412 Å². The third kappa shape index (κ3) is 15.7. The second-order valence-electron chi connectivity index (χ2n) is 28.5. The summed E-state index contributed by atoms with van der Waals surface area (Å²) >= 11 is 0. The van der Waals surface area contributed by atoms with Gasteiger partial charge in [0.15, 0.2) is 85.3 Å². The van der Waals surface area contributed by atoms with Crippen molar-refractivity contribution < 1.29 is 130 Å². The van der Waals surface area contributed by atoms with E-state index in [-0.39, 0.29) is 49.3 Å². The van der Waals surface area contributed by atoms with Crippen molar-refractivity contribution in [2.24, 2.45) is 50.2 Å². The molecular formula is C67H99N3O27. The molecule has 30 heteroatoms. The third-order valence-corrected chi connectivity index (χ3v) is 21.9. The summed E-state index contributed by atoms with van der Waals surface area (Å²) < 4.78 is 70.6. The first-order valence-electron chi connectivity index (χ1n) is 33.4. The van der Waals surface area contributed by atoms with Gasteiger partial charge in [0.2, 0.25) is 5.91 Å². The van der Waals surface area contributed by atoms with Gasteiger partial charge in [-0.3, -0.25) is 43.2 Å².